The molecule has 0 spiro atoms. The predicted molar refractivity (Wildman–Crippen MR) is 93.4 cm³/mol. The zero-order valence-corrected chi connectivity index (χ0v) is 14.0. The number of ether oxygens (including phenoxy) is 2. The van der Waals surface area contributed by atoms with Gasteiger partial charge in [0.25, 0.3) is 0 Å². The fourth-order valence-corrected chi connectivity index (χ4v) is 2.30. The smallest absolute Gasteiger partial charge is 0.248 e. The highest BCUT2D eigenvalue weighted by atomic mass is 35.5. The van der Waals surface area contributed by atoms with Crippen LogP contribution in [0.1, 0.15) is 11.1 Å². The Morgan fingerprint density at radius 2 is 1.91 bits per heavy atom. The van der Waals surface area contributed by atoms with Crippen LogP contribution >= 0.6 is 11.6 Å². The molecular formula is C18H18ClNO3. The van der Waals surface area contributed by atoms with Crippen molar-refractivity contribution >= 4 is 29.3 Å². The maximum atomic E-state index is 12.1. The molecule has 23 heavy (non-hydrogen) atoms. The number of hydrogen-bond acceptors (Lipinski definition) is 3. The number of anilines is 1. The summed E-state index contributed by atoms with van der Waals surface area (Å²) in [6.07, 6.45) is 3.13. The van der Waals surface area contributed by atoms with Crippen molar-refractivity contribution < 1.29 is 14.3 Å². The van der Waals surface area contributed by atoms with E-state index < -0.39 is 0 Å². The number of methoxy groups -OCH3 is 2. The summed E-state index contributed by atoms with van der Waals surface area (Å²) in [6, 6.07) is 10.7. The summed E-state index contributed by atoms with van der Waals surface area (Å²) in [5, 5.41) is 3.45. The Labute approximate surface area is 140 Å². The molecule has 0 fully saturated rings. The average molecular weight is 332 g/mol. The van der Waals surface area contributed by atoms with Crippen LogP contribution in [0.25, 0.3) is 6.08 Å². The monoisotopic (exact) mass is 331 g/mol. The average Bonchev–Trinajstić information content (AvgIpc) is 2.55. The molecule has 0 heterocycles. The Morgan fingerprint density at radius 3 is 2.57 bits per heavy atom. The fraction of sp³-hybridized carbons (Fsp3) is 0.167. The van der Waals surface area contributed by atoms with Crippen molar-refractivity contribution in [3.05, 3.63) is 58.6 Å². The van der Waals surface area contributed by atoms with E-state index in [0.29, 0.717) is 16.5 Å². The van der Waals surface area contributed by atoms with Crippen LogP contribution in [0.2, 0.25) is 5.02 Å². The number of nitrogens with one attached hydrogen (secondary N) is 1. The minimum absolute atomic E-state index is 0.236. The molecule has 0 saturated heterocycles. The summed E-state index contributed by atoms with van der Waals surface area (Å²) < 4.78 is 10.5. The van der Waals surface area contributed by atoms with Gasteiger partial charge in [0.1, 0.15) is 11.5 Å². The molecule has 1 amide bonds. The molecular weight excluding hydrogens is 314 g/mol. The highest BCUT2D eigenvalue weighted by Gasteiger charge is 2.05. The Morgan fingerprint density at radius 1 is 1.13 bits per heavy atom. The van der Waals surface area contributed by atoms with Gasteiger partial charge in [0.2, 0.25) is 5.91 Å². The molecule has 2 aromatic carbocycles. The molecule has 0 aliphatic carbocycles. The third-order valence-corrected chi connectivity index (χ3v) is 3.53. The van der Waals surface area contributed by atoms with E-state index in [1.165, 1.54) is 6.08 Å². The summed E-state index contributed by atoms with van der Waals surface area (Å²) >= 11 is 5.90. The number of hydrogen-bond donors (Lipinski definition) is 1. The molecule has 2 rings (SSSR count). The van der Waals surface area contributed by atoms with Crippen LogP contribution in [0.5, 0.6) is 11.5 Å². The van der Waals surface area contributed by atoms with Gasteiger partial charge in [-0.2, -0.15) is 0 Å². The van der Waals surface area contributed by atoms with Crippen LogP contribution in [0, 0.1) is 6.92 Å². The van der Waals surface area contributed by atoms with Gasteiger partial charge in [-0.1, -0.05) is 11.6 Å². The molecule has 5 heteroatoms. The molecule has 0 unspecified atom stereocenters. The van der Waals surface area contributed by atoms with Crippen LogP contribution in [-0.4, -0.2) is 20.1 Å². The van der Waals surface area contributed by atoms with Crippen LogP contribution in [0.4, 0.5) is 5.69 Å². The lowest BCUT2D eigenvalue weighted by atomic mass is 10.1. The molecule has 0 bridgehead atoms. The standard InChI is InChI=1S/C18H18ClNO3/c1-12-10-14(19)5-7-16(12)20-18(21)9-4-13-11-15(22-2)6-8-17(13)23-3/h4-11H,1-3H3,(H,20,21)/b9-4+. The molecule has 0 saturated carbocycles. The summed E-state index contributed by atoms with van der Waals surface area (Å²) in [5.74, 6) is 1.12. The van der Waals surface area contributed by atoms with Crippen LogP contribution in [-0.2, 0) is 4.79 Å². The van der Waals surface area contributed by atoms with Crippen molar-refractivity contribution in [2.24, 2.45) is 0 Å². The Kier molecular flexibility index (Phi) is 5.66. The van der Waals surface area contributed by atoms with Crippen molar-refractivity contribution in [1.29, 1.82) is 0 Å². The predicted octanol–water partition coefficient (Wildman–Crippen LogP) is 4.32. The van der Waals surface area contributed by atoms with E-state index in [-0.39, 0.29) is 5.91 Å². The van der Waals surface area contributed by atoms with Crippen molar-refractivity contribution in [2.45, 2.75) is 6.92 Å². The van der Waals surface area contributed by atoms with Crippen molar-refractivity contribution in [3.63, 3.8) is 0 Å². The van der Waals surface area contributed by atoms with Crippen molar-refractivity contribution in [1.82, 2.24) is 0 Å². The number of carbonyl (C=O) groups is 1. The Bertz CT molecular complexity index is 741. The van der Waals surface area contributed by atoms with Gasteiger partial charge in [0.05, 0.1) is 14.2 Å². The molecule has 0 aliphatic heterocycles. The fourth-order valence-electron chi connectivity index (χ4n) is 2.08. The van der Waals surface area contributed by atoms with Gasteiger partial charge in [-0.25, -0.2) is 0 Å². The normalized spacial score (nSPS) is 10.6. The minimum Gasteiger partial charge on any atom is -0.497 e. The second kappa shape index (κ2) is 7.70. The van der Waals surface area contributed by atoms with E-state index in [0.717, 1.165) is 16.8 Å². The van der Waals surface area contributed by atoms with E-state index in [4.69, 9.17) is 21.1 Å². The van der Waals surface area contributed by atoms with E-state index in [1.54, 1.807) is 56.7 Å². The van der Waals surface area contributed by atoms with Crippen LogP contribution < -0.4 is 14.8 Å². The molecule has 0 radical (unpaired) electrons. The Balaban J connectivity index is 2.14. The minimum atomic E-state index is -0.236. The summed E-state index contributed by atoms with van der Waals surface area (Å²) in [5.41, 5.74) is 2.38. The molecule has 2 aromatic rings. The van der Waals surface area contributed by atoms with Crippen LogP contribution in [0.15, 0.2) is 42.5 Å². The molecule has 4 nitrogen and oxygen atoms in total. The number of aryl methyl sites for hydroxylation is 1. The molecule has 1 N–H and O–H groups in total. The largest absolute Gasteiger partial charge is 0.497 e. The first-order chi connectivity index (χ1) is 11.0. The molecule has 0 aliphatic rings. The van der Waals surface area contributed by atoms with Crippen molar-refractivity contribution in [3.8, 4) is 11.5 Å². The highest BCUT2D eigenvalue weighted by molar-refractivity contribution is 6.30. The third kappa shape index (κ3) is 4.50. The summed E-state index contributed by atoms with van der Waals surface area (Å²) in [4.78, 5) is 12.1. The first-order valence-corrected chi connectivity index (χ1v) is 7.38. The number of amides is 1. The van der Waals surface area contributed by atoms with Gasteiger partial charge in [-0.3, -0.25) is 4.79 Å². The Hall–Kier alpha value is -2.46. The second-order valence-corrected chi connectivity index (χ2v) is 5.33. The maximum absolute atomic E-state index is 12.1. The molecule has 0 atom stereocenters. The van der Waals surface area contributed by atoms with E-state index in [9.17, 15) is 4.79 Å². The summed E-state index contributed by atoms with van der Waals surface area (Å²) in [6.45, 7) is 1.89. The van der Waals surface area contributed by atoms with Crippen molar-refractivity contribution in [2.75, 3.05) is 19.5 Å². The number of carbonyl (C=O) groups excluding carboxylic acids is 1. The van der Waals surface area contributed by atoms with E-state index >= 15 is 0 Å². The first kappa shape index (κ1) is 16.9. The number of rotatable bonds is 5. The van der Waals surface area contributed by atoms with Gasteiger partial charge in [-0.15, -0.1) is 0 Å². The lowest BCUT2D eigenvalue weighted by Gasteiger charge is -2.08. The third-order valence-electron chi connectivity index (χ3n) is 3.30. The quantitative estimate of drug-likeness (QED) is 0.830. The number of benzene rings is 2. The van der Waals surface area contributed by atoms with Gasteiger partial charge in [0, 0.05) is 22.3 Å². The maximum Gasteiger partial charge on any atom is 0.248 e. The van der Waals surface area contributed by atoms with E-state index in [2.05, 4.69) is 5.32 Å². The SMILES string of the molecule is COc1ccc(OC)c(/C=C/C(=O)Nc2ccc(Cl)cc2C)c1. The molecule has 0 aromatic heterocycles. The zero-order valence-electron chi connectivity index (χ0n) is 13.2. The number of halogens is 1. The van der Waals surface area contributed by atoms with Crippen LogP contribution in [0.3, 0.4) is 0 Å². The van der Waals surface area contributed by atoms with Gasteiger partial charge < -0.3 is 14.8 Å². The second-order valence-electron chi connectivity index (χ2n) is 4.89. The van der Waals surface area contributed by atoms with Gasteiger partial charge in [-0.05, 0) is 55.0 Å². The van der Waals surface area contributed by atoms with E-state index in [1.807, 2.05) is 6.92 Å². The lowest BCUT2D eigenvalue weighted by molar-refractivity contribution is -0.111. The van der Waals surface area contributed by atoms with Gasteiger partial charge >= 0.3 is 0 Å². The summed E-state index contributed by atoms with van der Waals surface area (Å²) in [7, 11) is 3.17. The zero-order chi connectivity index (χ0) is 16.8. The van der Waals surface area contributed by atoms with Gasteiger partial charge in [0.15, 0.2) is 0 Å². The topological polar surface area (TPSA) is 47.6 Å². The highest BCUT2D eigenvalue weighted by Crippen LogP contribution is 2.25. The molecule has 120 valence electrons. The lowest BCUT2D eigenvalue weighted by Crippen LogP contribution is -2.08. The first-order valence-electron chi connectivity index (χ1n) is 7.00.